The Kier molecular flexibility index (Phi) is 4.04. The molecule has 3 unspecified atom stereocenters. The van der Waals surface area contributed by atoms with Crippen LogP contribution in [0.5, 0.6) is 0 Å². The zero-order valence-electron chi connectivity index (χ0n) is 12.5. The lowest BCUT2D eigenvalue weighted by atomic mass is 9.78. The number of nitrogens with zero attached hydrogens (tertiary/aromatic N) is 1. The summed E-state index contributed by atoms with van der Waals surface area (Å²) in [6.07, 6.45) is 12.0. The van der Waals surface area contributed by atoms with Gasteiger partial charge in [-0.3, -0.25) is 9.69 Å². The Morgan fingerprint density at radius 2 is 1.80 bits per heavy atom. The van der Waals surface area contributed by atoms with Gasteiger partial charge in [-0.05, 0) is 63.8 Å². The Bertz CT molecular complexity index is 367. The van der Waals surface area contributed by atoms with Crippen molar-refractivity contribution in [3.8, 4) is 0 Å². The van der Waals surface area contributed by atoms with Crippen LogP contribution in [-0.2, 0) is 4.79 Å². The Morgan fingerprint density at radius 3 is 2.50 bits per heavy atom. The van der Waals surface area contributed by atoms with E-state index < -0.39 is 5.54 Å². The Balaban J connectivity index is 1.69. The van der Waals surface area contributed by atoms with Crippen molar-refractivity contribution in [3.05, 3.63) is 0 Å². The van der Waals surface area contributed by atoms with Gasteiger partial charge in [0.2, 0.25) is 5.91 Å². The Labute approximate surface area is 122 Å². The van der Waals surface area contributed by atoms with Gasteiger partial charge >= 0.3 is 0 Å². The van der Waals surface area contributed by atoms with Crippen molar-refractivity contribution < 1.29 is 4.79 Å². The predicted octanol–water partition coefficient (Wildman–Crippen LogP) is 1.77. The van der Waals surface area contributed by atoms with E-state index in [2.05, 4.69) is 4.90 Å². The third kappa shape index (κ3) is 2.60. The fourth-order valence-electron chi connectivity index (χ4n) is 4.90. The van der Waals surface area contributed by atoms with Crippen molar-refractivity contribution in [2.75, 3.05) is 6.54 Å². The third-order valence-electron chi connectivity index (χ3n) is 6.01. The monoisotopic (exact) mass is 279 g/mol. The highest BCUT2D eigenvalue weighted by atomic mass is 16.1. The van der Waals surface area contributed by atoms with Crippen molar-refractivity contribution in [3.63, 3.8) is 0 Å². The molecule has 4 heteroatoms. The molecule has 1 saturated heterocycles. The first-order valence-corrected chi connectivity index (χ1v) is 8.45. The first-order valence-electron chi connectivity index (χ1n) is 8.45. The zero-order valence-corrected chi connectivity index (χ0v) is 12.5. The fourth-order valence-corrected chi connectivity index (χ4v) is 4.90. The molecule has 3 fully saturated rings. The van der Waals surface area contributed by atoms with Gasteiger partial charge in [0, 0.05) is 12.1 Å². The van der Waals surface area contributed by atoms with E-state index in [0.717, 1.165) is 31.2 Å². The summed E-state index contributed by atoms with van der Waals surface area (Å²) in [6, 6.07) is 1.23. The molecule has 114 valence electrons. The summed E-state index contributed by atoms with van der Waals surface area (Å²) in [6.45, 7) is 1.20. The molecule has 4 nitrogen and oxygen atoms in total. The normalized spacial score (nSPS) is 40.2. The van der Waals surface area contributed by atoms with Crippen molar-refractivity contribution in [1.29, 1.82) is 0 Å². The average molecular weight is 279 g/mol. The maximum absolute atomic E-state index is 11.7. The highest BCUT2D eigenvalue weighted by molar-refractivity contribution is 5.84. The van der Waals surface area contributed by atoms with E-state index in [-0.39, 0.29) is 5.91 Å². The molecule has 1 heterocycles. The lowest BCUT2D eigenvalue weighted by molar-refractivity contribution is -0.125. The number of carbonyl (C=O) groups excluding carboxylic acids is 1. The van der Waals surface area contributed by atoms with Crippen LogP contribution >= 0.6 is 0 Å². The largest absolute Gasteiger partial charge is 0.368 e. The predicted molar refractivity (Wildman–Crippen MR) is 80.1 cm³/mol. The van der Waals surface area contributed by atoms with E-state index in [1.807, 2.05) is 0 Å². The number of carbonyl (C=O) groups is 1. The number of nitrogens with two attached hydrogens (primary N) is 2. The van der Waals surface area contributed by atoms with Crippen LogP contribution in [0.1, 0.15) is 64.2 Å². The first-order chi connectivity index (χ1) is 9.60. The zero-order chi connectivity index (χ0) is 14.2. The highest BCUT2D eigenvalue weighted by Gasteiger charge is 2.43. The van der Waals surface area contributed by atoms with E-state index >= 15 is 0 Å². The van der Waals surface area contributed by atoms with Crippen LogP contribution in [0.15, 0.2) is 0 Å². The minimum Gasteiger partial charge on any atom is -0.368 e. The molecule has 0 aromatic carbocycles. The summed E-state index contributed by atoms with van der Waals surface area (Å²) < 4.78 is 0. The lowest BCUT2D eigenvalue weighted by Gasteiger charge is -2.43. The molecule has 3 aliphatic rings. The van der Waals surface area contributed by atoms with E-state index in [4.69, 9.17) is 11.5 Å². The molecular weight excluding hydrogens is 250 g/mol. The number of hydrogen-bond donors (Lipinski definition) is 2. The van der Waals surface area contributed by atoms with Gasteiger partial charge in [0.05, 0.1) is 5.54 Å². The number of amides is 1. The highest BCUT2D eigenvalue weighted by Crippen LogP contribution is 2.39. The summed E-state index contributed by atoms with van der Waals surface area (Å²) in [5.74, 6) is 0.582. The molecule has 1 aliphatic heterocycles. The summed E-state index contributed by atoms with van der Waals surface area (Å²) in [7, 11) is 0. The van der Waals surface area contributed by atoms with Crippen molar-refractivity contribution >= 4 is 5.91 Å². The SMILES string of the molecule is NC(=O)C1(N)CCCC(N2CCCC2C2CCCC2)C1. The van der Waals surface area contributed by atoms with Gasteiger partial charge < -0.3 is 11.5 Å². The maximum atomic E-state index is 11.7. The summed E-state index contributed by atoms with van der Waals surface area (Å²) in [5, 5.41) is 0. The van der Waals surface area contributed by atoms with Crippen LogP contribution in [-0.4, -0.2) is 35.0 Å². The molecule has 3 rings (SSSR count). The van der Waals surface area contributed by atoms with E-state index in [9.17, 15) is 4.79 Å². The van der Waals surface area contributed by atoms with Crippen LogP contribution in [0.2, 0.25) is 0 Å². The minimum absolute atomic E-state index is 0.307. The number of hydrogen-bond acceptors (Lipinski definition) is 3. The van der Waals surface area contributed by atoms with E-state index in [1.54, 1.807) is 0 Å². The number of rotatable bonds is 3. The molecule has 4 N–H and O–H groups in total. The molecule has 0 aromatic rings. The van der Waals surface area contributed by atoms with Gasteiger partial charge in [-0.2, -0.15) is 0 Å². The van der Waals surface area contributed by atoms with E-state index in [1.165, 1.54) is 51.5 Å². The standard InChI is InChI=1S/C16H29N3O/c17-15(20)16(18)9-3-7-13(11-16)19-10-4-8-14(19)12-5-1-2-6-12/h12-14H,1-11,18H2,(H2,17,20). The second-order valence-electron chi connectivity index (χ2n) is 7.26. The minimum atomic E-state index is -0.758. The van der Waals surface area contributed by atoms with Gasteiger partial charge in [0.15, 0.2) is 0 Å². The van der Waals surface area contributed by atoms with Gasteiger partial charge in [-0.25, -0.2) is 0 Å². The van der Waals surface area contributed by atoms with Crippen LogP contribution in [0.25, 0.3) is 0 Å². The summed E-state index contributed by atoms with van der Waals surface area (Å²) in [5.41, 5.74) is 11.0. The van der Waals surface area contributed by atoms with Gasteiger partial charge in [-0.15, -0.1) is 0 Å². The molecule has 2 aliphatic carbocycles. The summed E-state index contributed by atoms with van der Waals surface area (Å²) in [4.78, 5) is 14.3. The van der Waals surface area contributed by atoms with E-state index in [0.29, 0.717) is 6.04 Å². The number of primary amides is 1. The van der Waals surface area contributed by atoms with Crippen LogP contribution in [0, 0.1) is 5.92 Å². The van der Waals surface area contributed by atoms with Gasteiger partial charge in [0.25, 0.3) is 0 Å². The molecular formula is C16H29N3O. The Hall–Kier alpha value is -0.610. The average Bonchev–Trinajstić information content (AvgIpc) is 3.09. The molecule has 1 amide bonds. The molecule has 3 atom stereocenters. The van der Waals surface area contributed by atoms with Crippen molar-refractivity contribution in [1.82, 2.24) is 4.90 Å². The second-order valence-corrected chi connectivity index (χ2v) is 7.26. The second kappa shape index (κ2) is 5.64. The quantitative estimate of drug-likeness (QED) is 0.827. The molecule has 2 saturated carbocycles. The molecule has 0 spiro atoms. The van der Waals surface area contributed by atoms with Crippen molar-refractivity contribution in [2.24, 2.45) is 17.4 Å². The Morgan fingerprint density at radius 1 is 1.05 bits per heavy atom. The van der Waals surface area contributed by atoms with Gasteiger partial charge in [0.1, 0.15) is 0 Å². The lowest BCUT2D eigenvalue weighted by Crippen LogP contribution is -2.59. The van der Waals surface area contributed by atoms with Crippen LogP contribution in [0.3, 0.4) is 0 Å². The molecule has 0 aromatic heterocycles. The fraction of sp³-hybridized carbons (Fsp3) is 0.938. The van der Waals surface area contributed by atoms with Crippen LogP contribution in [0.4, 0.5) is 0 Å². The molecule has 0 radical (unpaired) electrons. The third-order valence-corrected chi connectivity index (χ3v) is 6.01. The topological polar surface area (TPSA) is 72.3 Å². The number of likely N-dealkylation sites (tertiary alicyclic amines) is 1. The first kappa shape index (κ1) is 14.3. The summed E-state index contributed by atoms with van der Waals surface area (Å²) >= 11 is 0. The van der Waals surface area contributed by atoms with Gasteiger partial charge in [-0.1, -0.05) is 12.8 Å². The molecule has 0 bridgehead atoms. The molecule has 20 heavy (non-hydrogen) atoms. The van der Waals surface area contributed by atoms with Crippen LogP contribution < -0.4 is 11.5 Å². The van der Waals surface area contributed by atoms with Crippen molar-refractivity contribution in [2.45, 2.75) is 81.8 Å². The smallest absolute Gasteiger partial charge is 0.237 e. The maximum Gasteiger partial charge on any atom is 0.237 e.